The number of ketones is 1. The molecule has 2 aromatic carbocycles. The molecule has 1 atom stereocenters. The van der Waals surface area contributed by atoms with Crippen LogP contribution in [0.25, 0.3) is 10.9 Å². The van der Waals surface area contributed by atoms with E-state index in [1.807, 2.05) is 55.5 Å². The molecule has 4 rings (SSSR count). The molecule has 148 valence electrons. The summed E-state index contributed by atoms with van der Waals surface area (Å²) in [6.45, 7) is 1.97. The third kappa shape index (κ3) is 3.66. The Balaban J connectivity index is 1.40. The molecule has 0 bridgehead atoms. The Bertz CT molecular complexity index is 1090. The Morgan fingerprint density at radius 1 is 1.14 bits per heavy atom. The number of Topliss-reactive ketones (excluding diaryl/α,β-unsaturated/α-hetero) is 1. The highest BCUT2D eigenvalue weighted by atomic mass is 16.5. The molecule has 0 saturated carbocycles. The van der Waals surface area contributed by atoms with Crippen molar-refractivity contribution in [3.05, 3.63) is 65.9 Å². The van der Waals surface area contributed by atoms with Crippen molar-refractivity contribution in [1.29, 1.82) is 0 Å². The molecule has 1 fully saturated rings. The number of aromatic amines is 1. The van der Waals surface area contributed by atoms with Gasteiger partial charge in [0.15, 0.2) is 6.61 Å². The number of nitrogens with one attached hydrogen (secondary N) is 1. The molecular weight excluding hydrogens is 368 g/mol. The molecule has 0 aliphatic carbocycles. The molecule has 1 amide bonds. The summed E-state index contributed by atoms with van der Waals surface area (Å²) < 4.78 is 5.27. The molecule has 1 aliphatic heterocycles. The van der Waals surface area contributed by atoms with Gasteiger partial charge in [-0.3, -0.25) is 14.4 Å². The predicted molar refractivity (Wildman–Crippen MR) is 110 cm³/mol. The number of carbonyl (C=O) groups excluding carboxylic acids is 3. The summed E-state index contributed by atoms with van der Waals surface area (Å²) in [5.41, 5.74) is 3.25. The lowest BCUT2D eigenvalue weighted by atomic mass is 10.1. The molecular formula is C23H22N2O4. The SMILES string of the molecule is CCc1ccccc1N1C[C@@H](C(=O)OCC(=O)c2c[nH]c3ccccc23)CC1=O. The fourth-order valence-corrected chi connectivity index (χ4v) is 3.81. The lowest BCUT2D eigenvalue weighted by molar-refractivity contribution is -0.147. The average Bonchev–Trinajstić information content (AvgIpc) is 3.35. The standard InChI is InChI=1S/C23H22N2O4/c1-2-15-7-3-6-10-20(15)25-13-16(11-22(25)27)23(28)29-14-21(26)18-12-24-19-9-5-4-8-17(18)19/h3-10,12,16,24H,2,11,13-14H2,1H3/t16-/m0/s1. The molecule has 0 spiro atoms. The van der Waals surface area contributed by atoms with Crippen LogP contribution >= 0.6 is 0 Å². The Labute approximate surface area is 168 Å². The molecule has 6 heteroatoms. The number of anilines is 1. The number of amides is 1. The number of rotatable bonds is 6. The second-order valence-electron chi connectivity index (χ2n) is 7.17. The summed E-state index contributed by atoms with van der Waals surface area (Å²) in [6, 6.07) is 15.2. The van der Waals surface area contributed by atoms with E-state index in [4.69, 9.17) is 4.74 Å². The lowest BCUT2D eigenvalue weighted by Gasteiger charge is -2.19. The van der Waals surface area contributed by atoms with Crippen LogP contribution in [0.4, 0.5) is 5.69 Å². The first-order valence-electron chi connectivity index (χ1n) is 9.72. The van der Waals surface area contributed by atoms with Gasteiger partial charge in [-0.2, -0.15) is 0 Å². The van der Waals surface area contributed by atoms with Gasteiger partial charge in [-0.1, -0.05) is 43.3 Å². The largest absolute Gasteiger partial charge is 0.457 e. The Morgan fingerprint density at radius 2 is 1.90 bits per heavy atom. The number of aromatic nitrogens is 1. The first-order chi connectivity index (χ1) is 14.1. The summed E-state index contributed by atoms with van der Waals surface area (Å²) in [6.07, 6.45) is 2.52. The number of carbonyl (C=O) groups is 3. The zero-order valence-corrected chi connectivity index (χ0v) is 16.2. The van der Waals surface area contributed by atoms with Gasteiger partial charge in [0, 0.05) is 41.3 Å². The van der Waals surface area contributed by atoms with Crippen LogP contribution in [-0.4, -0.2) is 35.8 Å². The zero-order valence-electron chi connectivity index (χ0n) is 16.2. The Morgan fingerprint density at radius 3 is 2.72 bits per heavy atom. The van der Waals surface area contributed by atoms with Crippen LogP contribution in [0.5, 0.6) is 0 Å². The van der Waals surface area contributed by atoms with Crippen molar-refractivity contribution in [2.45, 2.75) is 19.8 Å². The number of hydrogen-bond donors (Lipinski definition) is 1. The van der Waals surface area contributed by atoms with Crippen molar-refractivity contribution in [3.63, 3.8) is 0 Å². The molecule has 1 N–H and O–H groups in total. The second-order valence-corrected chi connectivity index (χ2v) is 7.17. The van der Waals surface area contributed by atoms with Crippen LogP contribution in [0.3, 0.4) is 0 Å². The van der Waals surface area contributed by atoms with Gasteiger partial charge in [0.25, 0.3) is 0 Å². The maximum atomic E-state index is 12.5. The minimum Gasteiger partial charge on any atom is -0.457 e. The van der Waals surface area contributed by atoms with Gasteiger partial charge in [-0.15, -0.1) is 0 Å². The number of H-pyrrole nitrogens is 1. The summed E-state index contributed by atoms with van der Waals surface area (Å²) in [5.74, 6) is -1.45. The van der Waals surface area contributed by atoms with E-state index < -0.39 is 11.9 Å². The van der Waals surface area contributed by atoms with Crippen LogP contribution < -0.4 is 4.90 Å². The average molecular weight is 390 g/mol. The van der Waals surface area contributed by atoms with Crippen LogP contribution in [0.1, 0.15) is 29.3 Å². The van der Waals surface area contributed by atoms with Crippen molar-refractivity contribution in [2.75, 3.05) is 18.1 Å². The van der Waals surface area contributed by atoms with Crippen molar-refractivity contribution < 1.29 is 19.1 Å². The zero-order chi connectivity index (χ0) is 20.4. The van der Waals surface area contributed by atoms with Crippen LogP contribution in [0.2, 0.25) is 0 Å². The summed E-state index contributed by atoms with van der Waals surface area (Å²) in [4.78, 5) is 42.2. The number of esters is 1. The van der Waals surface area contributed by atoms with E-state index in [-0.39, 0.29) is 31.3 Å². The fraction of sp³-hybridized carbons (Fsp3) is 0.261. The molecule has 1 aliphatic rings. The van der Waals surface area contributed by atoms with Gasteiger partial charge in [0.1, 0.15) is 0 Å². The summed E-state index contributed by atoms with van der Waals surface area (Å²) in [7, 11) is 0. The van der Waals surface area contributed by atoms with E-state index in [1.54, 1.807) is 11.1 Å². The highest BCUT2D eigenvalue weighted by Gasteiger charge is 2.37. The van der Waals surface area contributed by atoms with Crippen molar-refractivity contribution in [2.24, 2.45) is 5.92 Å². The quantitative estimate of drug-likeness (QED) is 0.516. The molecule has 0 radical (unpaired) electrons. The van der Waals surface area contributed by atoms with Gasteiger partial charge in [-0.05, 0) is 24.1 Å². The Hall–Kier alpha value is -3.41. The van der Waals surface area contributed by atoms with Crippen molar-refractivity contribution in [1.82, 2.24) is 4.98 Å². The van der Waals surface area contributed by atoms with E-state index in [0.717, 1.165) is 28.6 Å². The van der Waals surface area contributed by atoms with E-state index in [9.17, 15) is 14.4 Å². The number of hydrogen-bond acceptors (Lipinski definition) is 4. The second kappa shape index (κ2) is 7.91. The van der Waals surface area contributed by atoms with Crippen LogP contribution in [0, 0.1) is 5.92 Å². The maximum Gasteiger partial charge on any atom is 0.311 e. The topological polar surface area (TPSA) is 79.5 Å². The number of benzene rings is 2. The molecule has 1 aromatic heterocycles. The van der Waals surface area contributed by atoms with Gasteiger partial charge < -0.3 is 14.6 Å². The van der Waals surface area contributed by atoms with Crippen LogP contribution in [-0.2, 0) is 20.7 Å². The number of nitrogens with zero attached hydrogens (tertiary/aromatic N) is 1. The minimum absolute atomic E-state index is 0.0954. The lowest BCUT2D eigenvalue weighted by Crippen LogP contribution is -2.28. The summed E-state index contributed by atoms with van der Waals surface area (Å²) in [5, 5.41) is 0.798. The van der Waals surface area contributed by atoms with Gasteiger partial charge >= 0.3 is 5.97 Å². The molecule has 2 heterocycles. The van der Waals surface area contributed by atoms with Gasteiger partial charge in [-0.25, -0.2) is 0 Å². The number of aryl methyl sites for hydroxylation is 1. The number of ether oxygens (including phenoxy) is 1. The van der Waals surface area contributed by atoms with Crippen molar-refractivity contribution >= 4 is 34.3 Å². The third-order valence-corrected chi connectivity index (χ3v) is 5.36. The first-order valence-corrected chi connectivity index (χ1v) is 9.72. The molecule has 3 aromatic rings. The molecule has 1 saturated heterocycles. The van der Waals surface area contributed by atoms with E-state index in [1.165, 1.54) is 0 Å². The van der Waals surface area contributed by atoms with Gasteiger partial charge in [0.2, 0.25) is 11.7 Å². The maximum absolute atomic E-state index is 12.5. The van der Waals surface area contributed by atoms with Crippen LogP contribution in [0.15, 0.2) is 54.7 Å². The van der Waals surface area contributed by atoms with E-state index >= 15 is 0 Å². The summed E-state index contributed by atoms with van der Waals surface area (Å²) >= 11 is 0. The smallest absolute Gasteiger partial charge is 0.311 e. The Kier molecular flexibility index (Phi) is 5.16. The number of para-hydroxylation sites is 2. The molecule has 6 nitrogen and oxygen atoms in total. The van der Waals surface area contributed by atoms with Gasteiger partial charge in [0.05, 0.1) is 5.92 Å². The predicted octanol–water partition coefficient (Wildman–Crippen LogP) is 3.51. The van der Waals surface area contributed by atoms with E-state index in [0.29, 0.717) is 5.56 Å². The minimum atomic E-state index is -0.566. The highest BCUT2D eigenvalue weighted by Crippen LogP contribution is 2.29. The third-order valence-electron chi connectivity index (χ3n) is 5.36. The molecule has 0 unspecified atom stereocenters. The fourth-order valence-electron chi connectivity index (χ4n) is 3.81. The number of fused-ring (bicyclic) bond motifs is 1. The van der Waals surface area contributed by atoms with E-state index in [2.05, 4.69) is 4.98 Å². The highest BCUT2D eigenvalue weighted by molar-refractivity contribution is 6.09. The van der Waals surface area contributed by atoms with Crippen molar-refractivity contribution in [3.8, 4) is 0 Å². The normalized spacial score (nSPS) is 16.4. The molecule has 29 heavy (non-hydrogen) atoms. The monoisotopic (exact) mass is 390 g/mol. The first kappa shape index (κ1) is 18.9.